The molecule has 0 aromatic heterocycles. The smallest absolute Gasteiger partial charge is 0.251 e. The van der Waals surface area contributed by atoms with E-state index in [-0.39, 0.29) is 19.4 Å². The molecule has 0 radical (unpaired) electrons. The molecule has 0 unspecified atom stereocenters. The lowest BCUT2D eigenvalue weighted by Crippen LogP contribution is -2.55. The molecule has 0 aliphatic carbocycles. The molecule has 2 atom stereocenters. The SMILES string of the molecule is CCOc1ccc(C[C@@H](NC(=O)c2ccccc2)C(=O)N[C@@H](Cc2ccc(Cl)c(Cl)c2)C(=O)NCc2ccc(CN)cc2)cc1. The molecule has 5 N–H and O–H groups in total. The van der Waals surface area contributed by atoms with Gasteiger partial charge in [-0.1, -0.05) is 83.9 Å². The largest absolute Gasteiger partial charge is 0.494 e. The van der Waals surface area contributed by atoms with Crippen LogP contribution in [0.3, 0.4) is 0 Å². The second-order valence-electron chi connectivity index (χ2n) is 10.4. The van der Waals surface area contributed by atoms with Gasteiger partial charge in [0.2, 0.25) is 11.8 Å². The lowest BCUT2D eigenvalue weighted by molar-refractivity contribution is -0.130. The summed E-state index contributed by atoms with van der Waals surface area (Å²) in [4.78, 5) is 40.6. The van der Waals surface area contributed by atoms with E-state index in [1.165, 1.54) is 0 Å². The van der Waals surface area contributed by atoms with Crippen molar-refractivity contribution in [3.05, 3.63) is 135 Å². The number of halogens is 2. The Labute approximate surface area is 273 Å². The number of nitrogens with one attached hydrogen (secondary N) is 3. The van der Waals surface area contributed by atoms with Crippen LogP contribution in [0.25, 0.3) is 0 Å². The van der Waals surface area contributed by atoms with Crippen molar-refractivity contribution in [3.63, 3.8) is 0 Å². The Kier molecular flexibility index (Phi) is 12.4. The van der Waals surface area contributed by atoms with E-state index in [1.807, 2.05) is 55.5 Å². The average molecular weight is 648 g/mol. The summed E-state index contributed by atoms with van der Waals surface area (Å²) in [5, 5.41) is 9.36. The van der Waals surface area contributed by atoms with Gasteiger partial charge in [-0.15, -0.1) is 0 Å². The van der Waals surface area contributed by atoms with Gasteiger partial charge in [-0.05, 0) is 65.6 Å². The minimum absolute atomic E-state index is 0.142. The van der Waals surface area contributed by atoms with Gasteiger partial charge in [0.05, 0.1) is 16.7 Å². The van der Waals surface area contributed by atoms with Gasteiger partial charge in [0.25, 0.3) is 5.91 Å². The van der Waals surface area contributed by atoms with Crippen LogP contribution < -0.4 is 26.4 Å². The van der Waals surface area contributed by atoms with Crippen LogP contribution in [0.2, 0.25) is 10.0 Å². The molecule has 0 heterocycles. The van der Waals surface area contributed by atoms with Crippen LogP contribution in [0.5, 0.6) is 5.75 Å². The Morgan fingerprint density at radius 1 is 0.711 bits per heavy atom. The average Bonchev–Trinajstić information content (AvgIpc) is 3.06. The Morgan fingerprint density at radius 2 is 1.31 bits per heavy atom. The number of hydrogen-bond donors (Lipinski definition) is 4. The van der Waals surface area contributed by atoms with E-state index in [0.29, 0.717) is 40.1 Å². The van der Waals surface area contributed by atoms with Gasteiger partial charge in [0.15, 0.2) is 0 Å². The van der Waals surface area contributed by atoms with Gasteiger partial charge in [-0.25, -0.2) is 0 Å². The number of benzene rings is 4. The first-order chi connectivity index (χ1) is 21.7. The van der Waals surface area contributed by atoms with Crippen molar-refractivity contribution in [2.24, 2.45) is 5.73 Å². The first-order valence-electron chi connectivity index (χ1n) is 14.6. The fourth-order valence-electron chi connectivity index (χ4n) is 4.65. The van der Waals surface area contributed by atoms with Crippen molar-refractivity contribution in [2.45, 2.75) is 44.9 Å². The third-order valence-electron chi connectivity index (χ3n) is 7.11. The van der Waals surface area contributed by atoms with Crippen molar-refractivity contribution in [1.29, 1.82) is 0 Å². The molecule has 234 valence electrons. The van der Waals surface area contributed by atoms with E-state index in [0.717, 1.165) is 16.7 Å². The van der Waals surface area contributed by atoms with Crippen molar-refractivity contribution in [3.8, 4) is 5.75 Å². The monoisotopic (exact) mass is 646 g/mol. The van der Waals surface area contributed by atoms with Crippen LogP contribution >= 0.6 is 23.2 Å². The van der Waals surface area contributed by atoms with Crippen LogP contribution in [-0.2, 0) is 35.5 Å². The third kappa shape index (κ3) is 10.1. The molecule has 0 saturated heterocycles. The normalized spacial score (nSPS) is 12.1. The standard InChI is InChI=1S/C35H36Cl2N4O4/c1-2-45-28-15-12-23(13-16-28)19-32(40-33(42)27-6-4-3-5-7-27)35(44)41-31(20-26-14-17-29(36)30(37)18-26)34(43)39-22-25-10-8-24(21-38)9-11-25/h3-18,31-32H,2,19-22,38H2,1H3,(H,39,43)(H,40,42)(H,41,44)/t31-,32+/m0/s1. The molecular formula is C35H36Cl2N4O4. The summed E-state index contributed by atoms with van der Waals surface area (Å²) in [6.07, 6.45) is 0.328. The summed E-state index contributed by atoms with van der Waals surface area (Å²) in [7, 11) is 0. The van der Waals surface area contributed by atoms with Crippen LogP contribution in [-0.4, -0.2) is 36.4 Å². The predicted molar refractivity (Wildman–Crippen MR) is 177 cm³/mol. The molecule has 8 nitrogen and oxygen atoms in total. The number of rotatable bonds is 14. The maximum Gasteiger partial charge on any atom is 0.251 e. The molecule has 10 heteroatoms. The fraction of sp³-hybridized carbons (Fsp3) is 0.229. The zero-order valence-corrected chi connectivity index (χ0v) is 26.4. The van der Waals surface area contributed by atoms with E-state index in [9.17, 15) is 14.4 Å². The number of ether oxygens (including phenoxy) is 1. The second-order valence-corrected chi connectivity index (χ2v) is 11.2. The molecule has 0 spiro atoms. The Morgan fingerprint density at radius 3 is 1.96 bits per heavy atom. The fourth-order valence-corrected chi connectivity index (χ4v) is 4.97. The van der Waals surface area contributed by atoms with Gasteiger partial charge >= 0.3 is 0 Å². The molecule has 4 rings (SSSR count). The van der Waals surface area contributed by atoms with Gasteiger partial charge in [-0.3, -0.25) is 14.4 Å². The van der Waals surface area contributed by atoms with Crippen molar-refractivity contribution >= 4 is 40.9 Å². The van der Waals surface area contributed by atoms with Gasteiger partial charge < -0.3 is 26.4 Å². The topological polar surface area (TPSA) is 123 Å². The number of hydrogen-bond acceptors (Lipinski definition) is 5. The highest BCUT2D eigenvalue weighted by molar-refractivity contribution is 6.42. The summed E-state index contributed by atoms with van der Waals surface area (Å²) >= 11 is 12.4. The summed E-state index contributed by atoms with van der Waals surface area (Å²) in [5.74, 6) is -0.619. The maximum absolute atomic E-state index is 13.9. The van der Waals surface area contributed by atoms with Gasteiger partial charge in [0.1, 0.15) is 17.8 Å². The van der Waals surface area contributed by atoms with Gasteiger partial charge in [0, 0.05) is 31.5 Å². The minimum atomic E-state index is -0.983. The summed E-state index contributed by atoms with van der Waals surface area (Å²) in [6, 6.07) is 26.6. The van der Waals surface area contributed by atoms with Crippen molar-refractivity contribution in [2.75, 3.05) is 6.61 Å². The van der Waals surface area contributed by atoms with Crippen LogP contribution in [0.4, 0.5) is 0 Å². The van der Waals surface area contributed by atoms with E-state index in [2.05, 4.69) is 16.0 Å². The summed E-state index contributed by atoms with van der Waals surface area (Å²) < 4.78 is 5.54. The highest BCUT2D eigenvalue weighted by atomic mass is 35.5. The zero-order chi connectivity index (χ0) is 32.2. The molecule has 4 aromatic carbocycles. The maximum atomic E-state index is 13.9. The molecule has 0 aliphatic rings. The van der Waals surface area contributed by atoms with Crippen molar-refractivity contribution in [1.82, 2.24) is 16.0 Å². The minimum Gasteiger partial charge on any atom is -0.494 e. The number of carbonyl (C=O) groups is 3. The molecular weight excluding hydrogens is 611 g/mol. The van der Waals surface area contributed by atoms with Crippen LogP contribution in [0, 0.1) is 0 Å². The number of nitrogens with two attached hydrogens (primary N) is 1. The summed E-state index contributed by atoms with van der Waals surface area (Å²) in [6.45, 7) is 3.09. The number of carbonyl (C=O) groups excluding carboxylic acids is 3. The molecule has 0 aliphatic heterocycles. The Bertz CT molecular complexity index is 1580. The third-order valence-corrected chi connectivity index (χ3v) is 7.85. The first kappa shape index (κ1) is 33.5. The highest BCUT2D eigenvalue weighted by Gasteiger charge is 2.28. The second kappa shape index (κ2) is 16.6. The van der Waals surface area contributed by atoms with E-state index >= 15 is 0 Å². The molecule has 4 aromatic rings. The van der Waals surface area contributed by atoms with E-state index < -0.39 is 29.8 Å². The molecule has 3 amide bonds. The zero-order valence-electron chi connectivity index (χ0n) is 24.9. The number of amides is 3. The quantitative estimate of drug-likeness (QED) is 0.149. The van der Waals surface area contributed by atoms with Crippen LogP contribution in [0.15, 0.2) is 97.1 Å². The lowest BCUT2D eigenvalue weighted by atomic mass is 10.0. The molecule has 0 saturated carbocycles. The molecule has 0 fully saturated rings. The first-order valence-corrected chi connectivity index (χ1v) is 15.4. The van der Waals surface area contributed by atoms with Crippen molar-refractivity contribution < 1.29 is 19.1 Å². The Balaban J connectivity index is 1.56. The van der Waals surface area contributed by atoms with E-state index in [1.54, 1.807) is 48.5 Å². The lowest BCUT2D eigenvalue weighted by Gasteiger charge is -2.24. The van der Waals surface area contributed by atoms with E-state index in [4.69, 9.17) is 33.7 Å². The van der Waals surface area contributed by atoms with Crippen LogP contribution in [0.1, 0.15) is 39.5 Å². The summed E-state index contributed by atoms with van der Waals surface area (Å²) in [5.41, 5.74) is 9.47. The van der Waals surface area contributed by atoms with Gasteiger partial charge in [-0.2, -0.15) is 0 Å². The predicted octanol–water partition coefficient (Wildman–Crippen LogP) is 5.24. The highest BCUT2D eigenvalue weighted by Crippen LogP contribution is 2.23. The molecule has 0 bridgehead atoms. The molecule has 45 heavy (non-hydrogen) atoms. The Hall–Kier alpha value is -4.37.